The highest BCUT2D eigenvalue weighted by atomic mass is 16.3. The average molecular weight is 328 g/mol. The maximum Gasteiger partial charge on any atom is 0.115 e. The van der Waals surface area contributed by atoms with E-state index in [9.17, 15) is 5.11 Å². The van der Waals surface area contributed by atoms with Crippen LogP contribution in [0.2, 0.25) is 0 Å². The molecular weight excluding hydrogens is 294 g/mol. The van der Waals surface area contributed by atoms with Gasteiger partial charge >= 0.3 is 0 Å². The molecule has 0 spiro atoms. The standard InChI is InChI=1S/C22H33NO/c1-16(2)23(17(3)4)14-13-20(19-9-7-6-8-10-19)21-15-18(5)11-12-22(21)24/h6-12,16-18,20,24H,13-15H2,1-5H3. The Hall–Kier alpha value is -1.54. The third-order valence-corrected chi connectivity index (χ3v) is 5.08. The van der Waals surface area contributed by atoms with Crippen molar-refractivity contribution in [2.24, 2.45) is 5.92 Å². The summed E-state index contributed by atoms with van der Waals surface area (Å²) < 4.78 is 0. The minimum absolute atomic E-state index is 0.290. The lowest BCUT2D eigenvalue weighted by atomic mass is 9.80. The van der Waals surface area contributed by atoms with Crippen LogP contribution >= 0.6 is 0 Å². The Balaban J connectivity index is 2.26. The highest BCUT2D eigenvalue weighted by Gasteiger charge is 2.25. The Kier molecular flexibility index (Phi) is 6.68. The van der Waals surface area contributed by atoms with E-state index in [1.165, 1.54) is 11.1 Å². The molecule has 2 atom stereocenters. The molecule has 2 heteroatoms. The van der Waals surface area contributed by atoms with Crippen molar-refractivity contribution in [3.63, 3.8) is 0 Å². The number of aliphatic hydroxyl groups excluding tert-OH is 1. The lowest BCUT2D eigenvalue weighted by Crippen LogP contribution is -2.38. The van der Waals surface area contributed by atoms with Crippen LogP contribution in [0.3, 0.4) is 0 Å². The van der Waals surface area contributed by atoms with Crippen molar-refractivity contribution in [3.05, 3.63) is 59.4 Å². The average Bonchev–Trinajstić information content (AvgIpc) is 2.54. The lowest BCUT2D eigenvalue weighted by molar-refractivity contribution is 0.170. The van der Waals surface area contributed by atoms with E-state index in [0.717, 1.165) is 19.4 Å². The van der Waals surface area contributed by atoms with Gasteiger partial charge < -0.3 is 5.11 Å². The summed E-state index contributed by atoms with van der Waals surface area (Å²) in [4.78, 5) is 2.54. The van der Waals surface area contributed by atoms with Crippen molar-refractivity contribution in [1.82, 2.24) is 4.90 Å². The van der Waals surface area contributed by atoms with Crippen LogP contribution in [-0.2, 0) is 0 Å². The van der Waals surface area contributed by atoms with Crippen LogP contribution < -0.4 is 0 Å². The van der Waals surface area contributed by atoms with Gasteiger partial charge in [-0.25, -0.2) is 0 Å². The molecule has 0 saturated carbocycles. The third-order valence-electron chi connectivity index (χ3n) is 5.08. The summed E-state index contributed by atoms with van der Waals surface area (Å²) in [7, 11) is 0. The Morgan fingerprint density at radius 2 is 1.71 bits per heavy atom. The maximum absolute atomic E-state index is 10.5. The normalized spacial score (nSPS) is 19.6. The number of benzene rings is 1. The second-order valence-corrected chi connectivity index (χ2v) is 7.63. The van der Waals surface area contributed by atoms with Gasteiger partial charge in [-0.05, 0) is 70.2 Å². The molecule has 0 radical (unpaired) electrons. The van der Waals surface area contributed by atoms with Gasteiger partial charge in [0.2, 0.25) is 0 Å². The van der Waals surface area contributed by atoms with Crippen molar-refractivity contribution in [2.75, 3.05) is 6.54 Å². The van der Waals surface area contributed by atoms with E-state index in [1.54, 1.807) is 0 Å². The summed E-state index contributed by atoms with van der Waals surface area (Å²) in [6, 6.07) is 11.7. The fraction of sp³-hybridized carbons (Fsp3) is 0.545. The number of hydrogen-bond acceptors (Lipinski definition) is 2. The zero-order valence-corrected chi connectivity index (χ0v) is 15.9. The number of allylic oxidation sites excluding steroid dienone is 3. The van der Waals surface area contributed by atoms with Gasteiger partial charge in [0, 0.05) is 18.0 Å². The molecule has 1 aliphatic carbocycles. The Bertz CT molecular complexity index is 563. The SMILES string of the molecule is CC1C=CC(O)=C(C(CCN(C(C)C)C(C)C)c2ccccc2)C1. The molecular formula is C22H33NO. The molecule has 1 N–H and O–H groups in total. The zero-order valence-electron chi connectivity index (χ0n) is 15.9. The van der Waals surface area contributed by atoms with Crippen molar-refractivity contribution in [1.29, 1.82) is 0 Å². The minimum Gasteiger partial charge on any atom is -0.508 e. The monoisotopic (exact) mass is 327 g/mol. The highest BCUT2D eigenvalue weighted by Crippen LogP contribution is 2.37. The first-order valence-corrected chi connectivity index (χ1v) is 9.31. The predicted molar refractivity (Wildman–Crippen MR) is 103 cm³/mol. The molecule has 0 aromatic heterocycles. The van der Waals surface area contributed by atoms with Crippen LogP contribution in [0.4, 0.5) is 0 Å². The van der Waals surface area contributed by atoms with Gasteiger partial charge in [-0.2, -0.15) is 0 Å². The first-order chi connectivity index (χ1) is 11.4. The van der Waals surface area contributed by atoms with E-state index >= 15 is 0 Å². The molecule has 132 valence electrons. The Labute approximate surface area is 147 Å². The zero-order chi connectivity index (χ0) is 17.7. The quantitative estimate of drug-likeness (QED) is 0.695. The van der Waals surface area contributed by atoms with E-state index in [-0.39, 0.29) is 0 Å². The summed E-state index contributed by atoms with van der Waals surface area (Å²) in [6.07, 6.45) is 5.99. The number of hydrogen-bond donors (Lipinski definition) is 1. The molecule has 0 saturated heterocycles. The Morgan fingerprint density at radius 3 is 2.29 bits per heavy atom. The summed E-state index contributed by atoms with van der Waals surface area (Å²) in [5, 5.41) is 10.5. The van der Waals surface area contributed by atoms with Crippen LogP contribution in [0.1, 0.15) is 58.9 Å². The molecule has 0 bridgehead atoms. The van der Waals surface area contributed by atoms with Crippen molar-refractivity contribution in [3.8, 4) is 0 Å². The molecule has 2 unspecified atom stereocenters. The van der Waals surface area contributed by atoms with E-state index < -0.39 is 0 Å². The van der Waals surface area contributed by atoms with E-state index in [4.69, 9.17) is 0 Å². The summed E-state index contributed by atoms with van der Waals surface area (Å²) >= 11 is 0. The van der Waals surface area contributed by atoms with Gasteiger partial charge in [-0.15, -0.1) is 0 Å². The van der Waals surface area contributed by atoms with E-state index in [0.29, 0.717) is 29.7 Å². The molecule has 1 aromatic rings. The molecule has 1 aliphatic rings. The topological polar surface area (TPSA) is 23.5 Å². The van der Waals surface area contributed by atoms with Crippen molar-refractivity contribution in [2.45, 2.75) is 65.5 Å². The van der Waals surface area contributed by atoms with Gasteiger partial charge in [-0.3, -0.25) is 4.90 Å². The van der Waals surface area contributed by atoms with Gasteiger partial charge in [0.25, 0.3) is 0 Å². The largest absolute Gasteiger partial charge is 0.508 e. The molecule has 1 aromatic carbocycles. The lowest BCUT2D eigenvalue weighted by Gasteiger charge is -2.33. The molecule has 2 nitrogen and oxygen atoms in total. The highest BCUT2D eigenvalue weighted by molar-refractivity contribution is 5.36. The van der Waals surface area contributed by atoms with E-state index in [1.807, 2.05) is 6.08 Å². The molecule has 0 amide bonds. The van der Waals surface area contributed by atoms with Crippen LogP contribution in [0.5, 0.6) is 0 Å². The summed E-state index contributed by atoms with van der Waals surface area (Å²) in [5.41, 5.74) is 2.51. The molecule has 2 rings (SSSR count). The van der Waals surface area contributed by atoms with Gasteiger partial charge in [0.15, 0.2) is 0 Å². The van der Waals surface area contributed by atoms with E-state index in [2.05, 4.69) is 75.9 Å². The van der Waals surface area contributed by atoms with Gasteiger partial charge in [0.1, 0.15) is 5.76 Å². The predicted octanol–water partition coefficient (Wildman–Crippen LogP) is 5.69. The van der Waals surface area contributed by atoms with Gasteiger partial charge in [0.05, 0.1) is 0 Å². The number of rotatable bonds is 7. The fourth-order valence-electron chi connectivity index (χ4n) is 3.82. The third kappa shape index (κ3) is 4.73. The summed E-state index contributed by atoms with van der Waals surface area (Å²) in [5.74, 6) is 1.26. The number of nitrogens with zero attached hydrogens (tertiary/aromatic N) is 1. The smallest absolute Gasteiger partial charge is 0.115 e. The second-order valence-electron chi connectivity index (χ2n) is 7.63. The van der Waals surface area contributed by atoms with Crippen molar-refractivity contribution >= 4 is 0 Å². The number of aliphatic hydroxyl groups is 1. The fourth-order valence-corrected chi connectivity index (χ4v) is 3.82. The van der Waals surface area contributed by atoms with Crippen LogP contribution in [0.25, 0.3) is 0 Å². The summed E-state index contributed by atoms with van der Waals surface area (Å²) in [6.45, 7) is 12.3. The van der Waals surface area contributed by atoms with Crippen LogP contribution in [-0.4, -0.2) is 28.6 Å². The van der Waals surface area contributed by atoms with Crippen LogP contribution in [0, 0.1) is 5.92 Å². The minimum atomic E-state index is 0.290. The molecule has 0 aliphatic heterocycles. The van der Waals surface area contributed by atoms with Crippen molar-refractivity contribution < 1.29 is 5.11 Å². The van der Waals surface area contributed by atoms with Crippen LogP contribution in [0.15, 0.2) is 53.8 Å². The maximum atomic E-state index is 10.5. The molecule has 0 fully saturated rings. The Morgan fingerprint density at radius 1 is 1.08 bits per heavy atom. The molecule has 0 heterocycles. The second kappa shape index (κ2) is 8.53. The van der Waals surface area contributed by atoms with Gasteiger partial charge in [-0.1, -0.05) is 43.3 Å². The molecule has 24 heavy (non-hydrogen) atoms. The first kappa shape index (κ1) is 18.8. The first-order valence-electron chi connectivity index (χ1n) is 9.31.